The number of aliphatic hydroxyl groups is 1. The van der Waals surface area contributed by atoms with Gasteiger partial charge in [-0.15, -0.1) is 0 Å². The van der Waals surface area contributed by atoms with E-state index in [1.807, 2.05) is 26.0 Å². The summed E-state index contributed by atoms with van der Waals surface area (Å²) >= 11 is 0. The molecular formula is C13H18O4. The third-order valence-electron chi connectivity index (χ3n) is 2.79. The van der Waals surface area contributed by atoms with Gasteiger partial charge in [0.1, 0.15) is 5.75 Å². The molecule has 0 aliphatic carbocycles. The number of hydrogen-bond donors (Lipinski definition) is 1. The number of aliphatic hydroxyl groups excluding tert-OH is 1. The Morgan fingerprint density at radius 3 is 2.41 bits per heavy atom. The molecule has 0 saturated heterocycles. The van der Waals surface area contributed by atoms with Crippen molar-refractivity contribution >= 4 is 5.97 Å². The minimum Gasteiger partial charge on any atom is -0.496 e. The highest BCUT2D eigenvalue weighted by Gasteiger charge is 2.18. The van der Waals surface area contributed by atoms with E-state index in [1.54, 1.807) is 7.11 Å². The summed E-state index contributed by atoms with van der Waals surface area (Å²) in [5.74, 6) is 0.141. The monoisotopic (exact) mass is 238 g/mol. The van der Waals surface area contributed by atoms with Crippen LogP contribution in [0, 0.1) is 13.8 Å². The normalized spacial score (nSPS) is 12.1. The van der Waals surface area contributed by atoms with Gasteiger partial charge in [0.15, 0.2) is 0 Å². The average Bonchev–Trinajstić information content (AvgIpc) is 2.31. The van der Waals surface area contributed by atoms with E-state index >= 15 is 0 Å². The molecule has 0 fully saturated rings. The summed E-state index contributed by atoms with van der Waals surface area (Å²) in [6.07, 6.45) is -0.980. The van der Waals surface area contributed by atoms with Crippen molar-refractivity contribution < 1.29 is 19.4 Å². The number of esters is 1. The fraction of sp³-hybridized carbons (Fsp3) is 0.462. The van der Waals surface area contributed by atoms with E-state index < -0.39 is 12.1 Å². The van der Waals surface area contributed by atoms with E-state index in [0.717, 1.165) is 11.1 Å². The molecule has 1 rings (SSSR count). The number of carbonyl (C=O) groups excluding carboxylic acids is 1. The van der Waals surface area contributed by atoms with Crippen molar-refractivity contribution in [1.29, 1.82) is 0 Å². The summed E-state index contributed by atoms with van der Waals surface area (Å²) in [4.78, 5) is 11.1. The lowest BCUT2D eigenvalue weighted by Crippen LogP contribution is -2.09. The first kappa shape index (κ1) is 13.5. The molecule has 1 aromatic rings. The number of carbonyl (C=O) groups is 1. The predicted octanol–water partition coefficient (Wildman–Crippen LogP) is 1.91. The Morgan fingerprint density at radius 1 is 1.29 bits per heavy atom. The minimum absolute atomic E-state index is 0.0740. The largest absolute Gasteiger partial charge is 0.496 e. The SMILES string of the molecule is COC(=O)C[C@H](O)c1cc(C)c(C)cc1OC. The van der Waals surface area contributed by atoms with Gasteiger partial charge in [0.05, 0.1) is 26.7 Å². The van der Waals surface area contributed by atoms with Crippen LogP contribution in [0.4, 0.5) is 0 Å². The summed E-state index contributed by atoms with van der Waals surface area (Å²) in [6.45, 7) is 3.91. The Hall–Kier alpha value is -1.55. The highest BCUT2D eigenvalue weighted by molar-refractivity contribution is 5.70. The van der Waals surface area contributed by atoms with Crippen LogP contribution in [0.3, 0.4) is 0 Å². The van der Waals surface area contributed by atoms with E-state index in [9.17, 15) is 9.90 Å². The van der Waals surface area contributed by atoms with Crippen molar-refractivity contribution in [3.63, 3.8) is 0 Å². The third-order valence-corrected chi connectivity index (χ3v) is 2.79. The van der Waals surface area contributed by atoms with Gasteiger partial charge in [-0.1, -0.05) is 0 Å². The standard InChI is InChI=1S/C13H18O4/c1-8-5-10(11(14)7-13(15)17-4)12(16-3)6-9(8)2/h5-6,11,14H,7H2,1-4H3/t11-/m0/s1. The van der Waals surface area contributed by atoms with Crippen molar-refractivity contribution in [2.45, 2.75) is 26.4 Å². The predicted molar refractivity (Wildman–Crippen MR) is 64.1 cm³/mol. The summed E-state index contributed by atoms with van der Waals surface area (Å²) in [6, 6.07) is 3.69. The quantitative estimate of drug-likeness (QED) is 0.814. The maximum Gasteiger partial charge on any atom is 0.308 e. The maximum absolute atomic E-state index is 11.1. The molecule has 0 heterocycles. The van der Waals surface area contributed by atoms with Crippen LogP contribution in [0.25, 0.3) is 0 Å². The zero-order valence-electron chi connectivity index (χ0n) is 10.6. The second-order valence-corrected chi connectivity index (χ2v) is 3.97. The molecule has 1 atom stereocenters. The van der Waals surface area contributed by atoms with Gasteiger partial charge < -0.3 is 14.6 Å². The summed E-state index contributed by atoms with van der Waals surface area (Å²) in [5.41, 5.74) is 2.74. The Kier molecular flexibility index (Phi) is 4.52. The molecule has 0 radical (unpaired) electrons. The van der Waals surface area contributed by atoms with Crippen molar-refractivity contribution in [1.82, 2.24) is 0 Å². The number of methoxy groups -OCH3 is 2. The molecule has 0 aromatic heterocycles. The molecule has 4 heteroatoms. The van der Waals surface area contributed by atoms with Crippen LogP contribution in [0.5, 0.6) is 5.75 Å². The molecule has 0 bridgehead atoms. The van der Waals surface area contributed by atoms with Gasteiger partial charge in [-0.05, 0) is 37.1 Å². The van der Waals surface area contributed by atoms with E-state index in [1.165, 1.54) is 7.11 Å². The molecule has 0 saturated carbocycles. The van der Waals surface area contributed by atoms with Crippen LogP contribution in [0.2, 0.25) is 0 Å². The van der Waals surface area contributed by atoms with E-state index in [0.29, 0.717) is 11.3 Å². The Morgan fingerprint density at radius 2 is 1.88 bits per heavy atom. The minimum atomic E-state index is -0.906. The second-order valence-electron chi connectivity index (χ2n) is 3.97. The molecule has 4 nitrogen and oxygen atoms in total. The zero-order chi connectivity index (χ0) is 13.0. The van der Waals surface area contributed by atoms with Crippen molar-refractivity contribution in [2.24, 2.45) is 0 Å². The fourth-order valence-electron chi connectivity index (χ4n) is 1.60. The summed E-state index contributed by atoms with van der Waals surface area (Å²) in [5, 5.41) is 9.97. The van der Waals surface area contributed by atoms with Crippen LogP contribution >= 0.6 is 0 Å². The van der Waals surface area contributed by atoms with Crippen LogP contribution in [-0.2, 0) is 9.53 Å². The van der Waals surface area contributed by atoms with Gasteiger partial charge in [0.25, 0.3) is 0 Å². The molecule has 0 aliphatic heterocycles. The Balaban J connectivity index is 3.03. The lowest BCUT2D eigenvalue weighted by molar-refractivity contribution is -0.142. The first-order chi connectivity index (χ1) is 7.99. The van der Waals surface area contributed by atoms with Gasteiger partial charge in [-0.3, -0.25) is 4.79 Å². The first-order valence-corrected chi connectivity index (χ1v) is 5.39. The highest BCUT2D eigenvalue weighted by Crippen LogP contribution is 2.30. The lowest BCUT2D eigenvalue weighted by atomic mass is 9.99. The fourth-order valence-corrected chi connectivity index (χ4v) is 1.60. The molecular weight excluding hydrogens is 220 g/mol. The lowest BCUT2D eigenvalue weighted by Gasteiger charge is -2.16. The smallest absolute Gasteiger partial charge is 0.308 e. The first-order valence-electron chi connectivity index (χ1n) is 5.39. The van der Waals surface area contributed by atoms with Gasteiger partial charge in [0, 0.05) is 5.56 Å². The zero-order valence-corrected chi connectivity index (χ0v) is 10.6. The molecule has 17 heavy (non-hydrogen) atoms. The average molecular weight is 238 g/mol. The van der Waals surface area contributed by atoms with E-state index in [-0.39, 0.29) is 6.42 Å². The van der Waals surface area contributed by atoms with Crippen LogP contribution in [-0.4, -0.2) is 25.3 Å². The third kappa shape index (κ3) is 3.20. The van der Waals surface area contributed by atoms with Crippen molar-refractivity contribution in [2.75, 3.05) is 14.2 Å². The maximum atomic E-state index is 11.1. The van der Waals surface area contributed by atoms with Crippen LogP contribution < -0.4 is 4.74 Å². The number of ether oxygens (including phenoxy) is 2. The molecule has 1 N–H and O–H groups in total. The van der Waals surface area contributed by atoms with Crippen molar-refractivity contribution in [3.05, 3.63) is 28.8 Å². The Bertz CT molecular complexity index is 412. The van der Waals surface area contributed by atoms with Gasteiger partial charge in [-0.2, -0.15) is 0 Å². The Labute approximate surface area is 101 Å². The molecule has 0 unspecified atom stereocenters. The highest BCUT2D eigenvalue weighted by atomic mass is 16.5. The number of hydrogen-bond acceptors (Lipinski definition) is 4. The molecule has 0 aliphatic rings. The van der Waals surface area contributed by atoms with E-state index in [2.05, 4.69) is 4.74 Å². The number of benzene rings is 1. The van der Waals surface area contributed by atoms with Gasteiger partial charge in [0.2, 0.25) is 0 Å². The topological polar surface area (TPSA) is 55.8 Å². The molecule has 1 aromatic carbocycles. The van der Waals surface area contributed by atoms with Crippen molar-refractivity contribution in [3.8, 4) is 5.75 Å². The van der Waals surface area contributed by atoms with Gasteiger partial charge in [-0.25, -0.2) is 0 Å². The number of rotatable bonds is 4. The van der Waals surface area contributed by atoms with Gasteiger partial charge >= 0.3 is 5.97 Å². The molecule has 0 amide bonds. The molecule has 94 valence electrons. The summed E-state index contributed by atoms with van der Waals surface area (Å²) in [7, 11) is 2.84. The molecule has 0 spiro atoms. The van der Waals surface area contributed by atoms with Crippen LogP contribution in [0.1, 0.15) is 29.2 Å². The second kappa shape index (κ2) is 5.68. The van der Waals surface area contributed by atoms with E-state index in [4.69, 9.17) is 4.74 Å². The van der Waals surface area contributed by atoms with Crippen LogP contribution in [0.15, 0.2) is 12.1 Å². The number of aryl methyl sites for hydroxylation is 2. The summed E-state index contributed by atoms with van der Waals surface area (Å²) < 4.78 is 9.74.